The molecule has 0 bridgehead atoms. The van der Waals surface area contributed by atoms with Crippen LogP contribution in [0.25, 0.3) is 0 Å². The van der Waals surface area contributed by atoms with Crippen LogP contribution < -0.4 is 16.0 Å². The Morgan fingerprint density at radius 1 is 0.710 bits per heavy atom. The zero-order chi connectivity index (χ0) is 21.5. The third-order valence-electron chi connectivity index (χ3n) is 5.60. The number of carbonyl (C=O) groups excluding carboxylic acids is 2. The van der Waals surface area contributed by atoms with Crippen LogP contribution in [0.15, 0.2) is 78.9 Å². The summed E-state index contributed by atoms with van der Waals surface area (Å²) >= 11 is 0. The van der Waals surface area contributed by atoms with Gasteiger partial charge in [-0.1, -0.05) is 43.2 Å². The van der Waals surface area contributed by atoms with Gasteiger partial charge in [0.05, 0.1) is 11.3 Å². The highest BCUT2D eigenvalue weighted by atomic mass is 16.2. The number of nitrogens with one attached hydrogen (secondary N) is 3. The largest absolute Gasteiger partial charge is 0.356 e. The Morgan fingerprint density at radius 2 is 1.32 bits per heavy atom. The van der Waals surface area contributed by atoms with Crippen molar-refractivity contribution >= 4 is 34.6 Å². The number of amides is 2. The van der Waals surface area contributed by atoms with Crippen molar-refractivity contribution < 1.29 is 9.59 Å². The summed E-state index contributed by atoms with van der Waals surface area (Å²) in [6, 6.07) is 24.6. The zero-order valence-electron chi connectivity index (χ0n) is 17.4. The molecule has 0 spiro atoms. The summed E-state index contributed by atoms with van der Waals surface area (Å²) in [6.45, 7) is 0. The predicted molar refractivity (Wildman–Crippen MR) is 126 cm³/mol. The second kappa shape index (κ2) is 9.94. The molecule has 1 aliphatic rings. The second-order valence-corrected chi connectivity index (χ2v) is 7.97. The first-order valence-electron chi connectivity index (χ1n) is 10.8. The van der Waals surface area contributed by atoms with Crippen LogP contribution in [0, 0.1) is 5.92 Å². The van der Waals surface area contributed by atoms with Crippen molar-refractivity contribution in [2.75, 3.05) is 16.0 Å². The number of hydrogen-bond acceptors (Lipinski definition) is 3. The van der Waals surface area contributed by atoms with Gasteiger partial charge in [0.15, 0.2) is 0 Å². The summed E-state index contributed by atoms with van der Waals surface area (Å²) in [4.78, 5) is 25.3. The Balaban J connectivity index is 1.38. The van der Waals surface area contributed by atoms with Crippen molar-refractivity contribution in [3.05, 3.63) is 84.4 Å². The monoisotopic (exact) mass is 413 g/mol. The van der Waals surface area contributed by atoms with E-state index in [4.69, 9.17) is 0 Å². The van der Waals surface area contributed by atoms with Crippen molar-refractivity contribution in [2.45, 2.75) is 32.1 Å². The summed E-state index contributed by atoms with van der Waals surface area (Å²) in [5, 5.41) is 9.16. The maximum atomic E-state index is 12.9. The number of para-hydroxylation sites is 2. The van der Waals surface area contributed by atoms with Crippen LogP contribution in [0.3, 0.4) is 0 Å². The van der Waals surface area contributed by atoms with Crippen molar-refractivity contribution in [3.8, 4) is 0 Å². The molecular formula is C26H27N3O2. The fraction of sp³-hybridized carbons (Fsp3) is 0.231. The van der Waals surface area contributed by atoms with E-state index < -0.39 is 0 Å². The fourth-order valence-corrected chi connectivity index (χ4v) is 3.99. The number of rotatable bonds is 7. The summed E-state index contributed by atoms with van der Waals surface area (Å²) in [5.41, 5.74) is 3.63. The van der Waals surface area contributed by atoms with Crippen LogP contribution in [0.5, 0.6) is 0 Å². The van der Waals surface area contributed by atoms with Crippen molar-refractivity contribution in [1.82, 2.24) is 0 Å². The van der Waals surface area contributed by atoms with Gasteiger partial charge in [-0.05, 0) is 67.3 Å². The molecule has 158 valence electrons. The number of carbonyl (C=O) groups is 2. The third-order valence-corrected chi connectivity index (χ3v) is 5.60. The van der Waals surface area contributed by atoms with E-state index in [1.165, 1.54) is 12.8 Å². The summed E-state index contributed by atoms with van der Waals surface area (Å²) < 4.78 is 0. The highest BCUT2D eigenvalue weighted by Gasteiger charge is 2.20. The smallest absolute Gasteiger partial charge is 0.257 e. The lowest BCUT2D eigenvalue weighted by Crippen LogP contribution is -2.19. The molecule has 31 heavy (non-hydrogen) atoms. The standard InChI is InChI=1S/C26H27N3O2/c30-25(18-19-8-4-5-9-19)29-24-13-7-6-12-23(24)26(31)28-22-16-14-21(15-17-22)27-20-10-2-1-3-11-20/h1-3,6-7,10-17,19,27H,4-5,8-9,18H2,(H,28,31)(H,29,30). The van der Waals surface area contributed by atoms with E-state index in [1.807, 2.05) is 60.7 Å². The van der Waals surface area contributed by atoms with Gasteiger partial charge in [-0.25, -0.2) is 0 Å². The van der Waals surface area contributed by atoms with E-state index in [-0.39, 0.29) is 11.8 Å². The topological polar surface area (TPSA) is 70.2 Å². The Morgan fingerprint density at radius 3 is 2.06 bits per heavy atom. The number of hydrogen-bond donors (Lipinski definition) is 3. The lowest BCUT2D eigenvalue weighted by molar-refractivity contribution is -0.117. The Kier molecular flexibility index (Phi) is 6.62. The van der Waals surface area contributed by atoms with E-state index in [9.17, 15) is 9.59 Å². The first-order valence-corrected chi connectivity index (χ1v) is 10.8. The average Bonchev–Trinajstić information content (AvgIpc) is 3.29. The minimum atomic E-state index is -0.250. The van der Waals surface area contributed by atoms with Gasteiger partial charge in [0, 0.05) is 23.5 Å². The fourth-order valence-electron chi connectivity index (χ4n) is 3.99. The highest BCUT2D eigenvalue weighted by Crippen LogP contribution is 2.28. The molecule has 1 fully saturated rings. The van der Waals surface area contributed by atoms with Gasteiger partial charge in [-0.2, -0.15) is 0 Å². The van der Waals surface area contributed by atoms with Crippen LogP contribution in [-0.4, -0.2) is 11.8 Å². The molecule has 3 N–H and O–H groups in total. The molecule has 3 aromatic carbocycles. The molecule has 1 saturated carbocycles. The molecule has 1 aliphatic carbocycles. The summed E-state index contributed by atoms with van der Waals surface area (Å²) in [6.07, 6.45) is 5.16. The number of anilines is 4. The minimum Gasteiger partial charge on any atom is -0.356 e. The Bertz CT molecular complexity index is 1030. The van der Waals surface area contributed by atoms with Gasteiger partial charge in [0.25, 0.3) is 5.91 Å². The van der Waals surface area contributed by atoms with Gasteiger partial charge in [0.1, 0.15) is 0 Å². The van der Waals surface area contributed by atoms with Crippen molar-refractivity contribution in [3.63, 3.8) is 0 Å². The molecule has 3 aromatic rings. The first kappa shape index (κ1) is 20.7. The molecule has 0 aliphatic heterocycles. The van der Waals surface area contributed by atoms with E-state index in [0.717, 1.165) is 24.2 Å². The molecule has 0 radical (unpaired) electrons. The summed E-state index contributed by atoms with van der Waals surface area (Å²) in [7, 11) is 0. The lowest BCUT2D eigenvalue weighted by atomic mass is 10.0. The van der Waals surface area contributed by atoms with Crippen LogP contribution in [0.2, 0.25) is 0 Å². The molecule has 0 aromatic heterocycles. The summed E-state index contributed by atoms with van der Waals surface area (Å²) in [5.74, 6) is 0.188. The maximum absolute atomic E-state index is 12.9. The second-order valence-electron chi connectivity index (χ2n) is 7.97. The molecule has 0 unspecified atom stereocenters. The number of benzene rings is 3. The normalized spacial score (nSPS) is 13.5. The highest BCUT2D eigenvalue weighted by molar-refractivity contribution is 6.10. The predicted octanol–water partition coefficient (Wildman–Crippen LogP) is 6.20. The molecule has 0 saturated heterocycles. The maximum Gasteiger partial charge on any atom is 0.257 e. The van der Waals surface area contributed by atoms with E-state index in [1.54, 1.807) is 18.2 Å². The van der Waals surface area contributed by atoms with Crippen LogP contribution in [0.4, 0.5) is 22.7 Å². The minimum absolute atomic E-state index is 0.0245. The van der Waals surface area contributed by atoms with Crippen LogP contribution >= 0.6 is 0 Å². The van der Waals surface area contributed by atoms with Crippen LogP contribution in [-0.2, 0) is 4.79 Å². The van der Waals surface area contributed by atoms with Gasteiger partial charge < -0.3 is 16.0 Å². The SMILES string of the molecule is O=C(CC1CCCC1)Nc1ccccc1C(=O)Nc1ccc(Nc2ccccc2)cc1. The van der Waals surface area contributed by atoms with Crippen molar-refractivity contribution in [2.24, 2.45) is 5.92 Å². The molecule has 2 amide bonds. The molecule has 5 nitrogen and oxygen atoms in total. The van der Waals surface area contributed by atoms with E-state index >= 15 is 0 Å². The lowest BCUT2D eigenvalue weighted by Gasteiger charge is -2.13. The third kappa shape index (κ3) is 5.72. The van der Waals surface area contributed by atoms with E-state index in [0.29, 0.717) is 29.3 Å². The first-order chi connectivity index (χ1) is 15.2. The Hall–Kier alpha value is -3.60. The molecule has 5 heteroatoms. The molecule has 0 atom stereocenters. The average molecular weight is 414 g/mol. The van der Waals surface area contributed by atoms with E-state index in [2.05, 4.69) is 16.0 Å². The van der Waals surface area contributed by atoms with Crippen LogP contribution in [0.1, 0.15) is 42.5 Å². The Labute approximate surface area is 182 Å². The molecule has 0 heterocycles. The van der Waals surface area contributed by atoms with Gasteiger partial charge in [-0.3, -0.25) is 9.59 Å². The van der Waals surface area contributed by atoms with Gasteiger partial charge in [0.2, 0.25) is 5.91 Å². The van der Waals surface area contributed by atoms with Gasteiger partial charge in [-0.15, -0.1) is 0 Å². The zero-order valence-corrected chi connectivity index (χ0v) is 17.4. The quantitative estimate of drug-likeness (QED) is 0.432. The molecule has 4 rings (SSSR count). The van der Waals surface area contributed by atoms with Crippen molar-refractivity contribution in [1.29, 1.82) is 0 Å². The molecular weight excluding hydrogens is 386 g/mol. The van der Waals surface area contributed by atoms with Gasteiger partial charge >= 0.3 is 0 Å².